The van der Waals surface area contributed by atoms with Gasteiger partial charge in [0.25, 0.3) is 0 Å². The minimum atomic E-state index is 0.523. The number of hydrogen-bond acceptors (Lipinski definition) is 1. The van der Waals surface area contributed by atoms with Crippen molar-refractivity contribution in [3.63, 3.8) is 0 Å². The lowest BCUT2D eigenvalue weighted by atomic mass is 9.76. The largest absolute Gasteiger partial charge is 0.508 e. The molecule has 0 amide bonds. The smallest absolute Gasteiger partial charge is 0.119 e. The van der Waals surface area contributed by atoms with Gasteiger partial charge < -0.3 is 5.11 Å². The zero-order valence-corrected chi connectivity index (χ0v) is 20.6. The van der Waals surface area contributed by atoms with Crippen LogP contribution < -0.4 is 0 Å². The quantitative estimate of drug-likeness (QED) is 0.210. The van der Waals surface area contributed by atoms with Gasteiger partial charge in [-0.15, -0.1) is 0 Å². The van der Waals surface area contributed by atoms with Gasteiger partial charge in [0.2, 0.25) is 0 Å². The van der Waals surface area contributed by atoms with Crippen LogP contribution in [-0.2, 0) is 0 Å². The Morgan fingerprint density at radius 3 is 1.53 bits per heavy atom. The lowest BCUT2D eigenvalue weighted by Gasteiger charge is -2.29. The van der Waals surface area contributed by atoms with Crippen LogP contribution in [0.2, 0.25) is 0 Å². The van der Waals surface area contributed by atoms with Crippen LogP contribution in [-0.4, -0.2) is 5.11 Å². The van der Waals surface area contributed by atoms with Crippen molar-refractivity contribution in [2.75, 3.05) is 0 Å². The highest BCUT2D eigenvalue weighted by Gasteiger charge is 2.24. The van der Waals surface area contributed by atoms with Gasteiger partial charge in [-0.2, -0.15) is 0 Å². The molecule has 1 heteroatoms. The number of benzene rings is 1. The highest BCUT2D eigenvalue weighted by atomic mass is 16.3. The Kier molecular flexibility index (Phi) is 16.9. The highest BCUT2D eigenvalue weighted by Crippen LogP contribution is 2.40. The number of aromatic hydroxyl groups is 1. The molecular weight excluding hydrogens is 364 g/mol. The molecule has 0 fully saturated rings. The molecule has 0 bridgehead atoms. The van der Waals surface area contributed by atoms with Crippen molar-refractivity contribution in [2.45, 2.75) is 142 Å². The average molecular weight is 417 g/mol. The van der Waals surface area contributed by atoms with E-state index in [0.29, 0.717) is 11.7 Å². The first kappa shape index (κ1) is 27.1. The van der Waals surface area contributed by atoms with Crippen molar-refractivity contribution < 1.29 is 5.11 Å². The van der Waals surface area contributed by atoms with E-state index in [1.807, 2.05) is 12.1 Å². The summed E-state index contributed by atoms with van der Waals surface area (Å²) in [6.07, 6.45) is 24.3. The van der Waals surface area contributed by atoms with Crippen molar-refractivity contribution in [3.05, 3.63) is 29.8 Å². The van der Waals surface area contributed by atoms with Crippen LogP contribution in [0.5, 0.6) is 5.75 Å². The molecule has 1 atom stereocenters. The van der Waals surface area contributed by atoms with E-state index in [2.05, 4.69) is 32.9 Å². The second-order valence-electron chi connectivity index (χ2n) is 9.53. The van der Waals surface area contributed by atoms with Crippen LogP contribution in [0.25, 0.3) is 0 Å². The van der Waals surface area contributed by atoms with Crippen LogP contribution in [0, 0.1) is 5.92 Å². The van der Waals surface area contributed by atoms with Crippen molar-refractivity contribution in [1.29, 1.82) is 0 Å². The van der Waals surface area contributed by atoms with E-state index in [1.54, 1.807) is 0 Å². The third-order valence-electron chi connectivity index (χ3n) is 6.88. The number of phenolic OH excluding ortho intramolecular Hbond substituents is 1. The Hall–Kier alpha value is -0.980. The molecule has 0 aliphatic carbocycles. The lowest BCUT2D eigenvalue weighted by Crippen LogP contribution is -2.14. The summed E-state index contributed by atoms with van der Waals surface area (Å²) in [6.45, 7) is 6.89. The minimum absolute atomic E-state index is 0.523. The minimum Gasteiger partial charge on any atom is -0.508 e. The molecule has 1 unspecified atom stereocenters. The molecule has 0 aliphatic heterocycles. The van der Waals surface area contributed by atoms with E-state index in [0.717, 1.165) is 5.92 Å². The third-order valence-corrected chi connectivity index (χ3v) is 6.88. The second kappa shape index (κ2) is 18.8. The lowest BCUT2D eigenvalue weighted by molar-refractivity contribution is 0.316. The van der Waals surface area contributed by atoms with Crippen LogP contribution in [0.4, 0.5) is 0 Å². The van der Waals surface area contributed by atoms with Crippen molar-refractivity contribution >= 4 is 0 Å². The van der Waals surface area contributed by atoms with Crippen LogP contribution in [0.15, 0.2) is 24.3 Å². The Morgan fingerprint density at radius 2 is 1.00 bits per heavy atom. The fourth-order valence-electron chi connectivity index (χ4n) is 4.98. The average Bonchev–Trinajstić information content (AvgIpc) is 2.75. The molecule has 1 rings (SSSR count). The summed E-state index contributed by atoms with van der Waals surface area (Å²) in [6, 6.07) is 8.18. The summed E-state index contributed by atoms with van der Waals surface area (Å²) in [5, 5.41) is 10.6. The van der Waals surface area contributed by atoms with Gasteiger partial charge in [0.05, 0.1) is 0 Å². The van der Waals surface area contributed by atoms with Gasteiger partial charge in [0, 0.05) is 0 Å². The van der Waals surface area contributed by atoms with E-state index >= 15 is 0 Å². The molecule has 0 saturated heterocycles. The molecule has 1 aromatic carbocycles. The van der Waals surface area contributed by atoms with Crippen LogP contribution in [0.3, 0.4) is 0 Å². The molecule has 0 heterocycles. The van der Waals surface area contributed by atoms with Gasteiger partial charge in [-0.3, -0.25) is 0 Å². The Morgan fingerprint density at radius 1 is 0.567 bits per heavy atom. The molecule has 1 nitrogen and oxygen atoms in total. The van der Waals surface area contributed by atoms with E-state index in [4.69, 9.17) is 0 Å². The zero-order valence-electron chi connectivity index (χ0n) is 20.6. The van der Waals surface area contributed by atoms with Crippen molar-refractivity contribution in [1.82, 2.24) is 0 Å². The standard InChI is InChI=1S/C29H52O/c1-4-7-10-11-12-13-14-15-18-23-27(28-24-19-20-25-29(28)30)26(21-16-8-5-2)22-17-9-6-3/h19-20,24-27,30H,4-18,21-23H2,1-3H3. The number of unbranched alkanes of at least 4 members (excludes halogenated alkanes) is 12. The van der Waals surface area contributed by atoms with Gasteiger partial charge in [-0.1, -0.05) is 135 Å². The topological polar surface area (TPSA) is 20.2 Å². The molecule has 1 aromatic rings. The monoisotopic (exact) mass is 416 g/mol. The summed E-state index contributed by atoms with van der Waals surface area (Å²) in [5.41, 5.74) is 1.22. The molecule has 30 heavy (non-hydrogen) atoms. The molecule has 0 aromatic heterocycles. The molecule has 0 saturated carbocycles. The number of hydrogen-bond donors (Lipinski definition) is 1. The molecule has 0 radical (unpaired) electrons. The summed E-state index contributed by atoms with van der Waals surface area (Å²) in [5.74, 6) is 1.78. The predicted octanol–water partition coefficient (Wildman–Crippen LogP) is 10.2. The van der Waals surface area contributed by atoms with E-state index in [1.165, 1.54) is 121 Å². The Balaban J connectivity index is 2.62. The number of para-hydroxylation sites is 1. The highest BCUT2D eigenvalue weighted by molar-refractivity contribution is 5.35. The molecule has 0 aliphatic rings. The SMILES string of the molecule is CCCCCCCCCCCC(c1ccccc1O)C(CCCCC)CCCCC. The van der Waals surface area contributed by atoms with E-state index in [9.17, 15) is 5.11 Å². The Labute approximate surface area is 189 Å². The van der Waals surface area contributed by atoms with Gasteiger partial charge in [0.1, 0.15) is 5.75 Å². The zero-order chi connectivity index (χ0) is 21.9. The molecular formula is C29H52O. The van der Waals surface area contributed by atoms with Crippen molar-refractivity contribution in [2.24, 2.45) is 5.92 Å². The fourth-order valence-corrected chi connectivity index (χ4v) is 4.98. The summed E-state index contributed by atoms with van der Waals surface area (Å²) < 4.78 is 0. The van der Waals surface area contributed by atoms with Gasteiger partial charge >= 0.3 is 0 Å². The van der Waals surface area contributed by atoms with Gasteiger partial charge in [0.15, 0.2) is 0 Å². The van der Waals surface area contributed by atoms with E-state index < -0.39 is 0 Å². The summed E-state index contributed by atoms with van der Waals surface area (Å²) in [4.78, 5) is 0. The van der Waals surface area contributed by atoms with Gasteiger partial charge in [-0.05, 0) is 42.7 Å². The maximum absolute atomic E-state index is 10.6. The normalized spacial score (nSPS) is 12.5. The molecule has 1 N–H and O–H groups in total. The van der Waals surface area contributed by atoms with Crippen LogP contribution in [0.1, 0.15) is 148 Å². The second-order valence-corrected chi connectivity index (χ2v) is 9.53. The van der Waals surface area contributed by atoms with Gasteiger partial charge in [-0.25, -0.2) is 0 Å². The van der Waals surface area contributed by atoms with Crippen LogP contribution >= 0.6 is 0 Å². The first-order valence-corrected chi connectivity index (χ1v) is 13.5. The summed E-state index contributed by atoms with van der Waals surface area (Å²) in [7, 11) is 0. The summed E-state index contributed by atoms with van der Waals surface area (Å²) >= 11 is 0. The molecule has 0 spiro atoms. The maximum Gasteiger partial charge on any atom is 0.119 e. The third kappa shape index (κ3) is 12.0. The first-order chi connectivity index (χ1) is 14.7. The fraction of sp³-hybridized carbons (Fsp3) is 0.793. The Bertz CT molecular complexity index is 485. The number of phenols is 1. The first-order valence-electron chi connectivity index (χ1n) is 13.5. The van der Waals surface area contributed by atoms with Crippen molar-refractivity contribution in [3.8, 4) is 5.75 Å². The van der Waals surface area contributed by atoms with E-state index in [-0.39, 0.29) is 0 Å². The predicted molar refractivity (Wildman–Crippen MR) is 134 cm³/mol. The maximum atomic E-state index is 10.6. The number of rotatable bonds is 20. The molecule has 174 valence electrons.